The van der Waals surface area contributed by atoms with E-state index in [9.17, 15) is 26.3 Å². The van der Waals surface area contributed by atoms with Crippen molar-refractivity contribution in [3.05, 3.63) is 102 Å². The van der Waals surface area contributed by atoms with E-state index in [2.05, 4.69) is 0 Å². The van der Waals surface area contributed by atoms with Gasteiger partial charge in [-0.1, -0.05) is 12.1 Å². The molecule has 0 unspecified atom stereocenters. The minimum atomic E-state index is -4.79. The zero-order valence-corrected chi connectivity index (χ0v) is 19.5. The molecular weight excluding hydrogens is 514 g/mol. The van der Waals surface area contributed by atoms with Crippen molar-refractivity contribution in [3.8, 4) is 11.5 Å². The molecule has 0 heterocycles. The molecule has 0 aromatic heterocycles. The highest BCUT2D eigenvalue weighted by Gasteiger charge is 2.42. The maximum atomic E-state index is 13.8. The predicted octanol–water partition coefficient (Wildman–Crippen LogP) is 5.61. The number of hydrogen-bond donors (Lipinski definition) is 4. The van der Waals surface area contributed by atoms with Gasteiger partial charge in [0, 0.05) is 22.6 Å². The molecule has 0 amide bonds. The first-order valence-electron chi connectivity index (χ1n) is 11.0. The maximum absolute atomic E-state index is 13.8. The van der Waals surface area contributed by atoms with Crippen molar-refractivity contribution < 1.29 is 35.8 Å². The first kappa shape index (κ1) is 26.7. The van der Waals surface area contributed by atoms with E-state index in [-0.39, 0.29) is 11.4 Å². The van der Waals surface area contributed by atoms with Crippen LogP contribution in [0, 0.1) is 0 Å². The topological polar surface area (TPSA) is 123 Å². The summed E-state index contributed by atoms with van der Waals surface area (Å²) in [6, 6.07) is 12.1. The van der Waals surface area contributed by atoms with Crippen LogP contribution in [-0.4, -0.2) is 5.72 Å². The molecule has 0 radical (unpaired) electrons. The van der Waals surface area contributed by atoms with Gasteiger partial charge in [0.15, 0.2) is 11.3 Å². The van der Waals surface area contributed by atoms with Crippen molar-refractivity contribution in [2.24, 2.45) is 5.73 Å². The smallest absolute Gasteiger partial charge is 0.420 e. The Kier molecular flexibility index (Phi) is 6.48. The van der Waals surface area contributed by atoms with Crippen LogP contribution in [0.1, 0.15) is 16.7 Å². The number of nitrogens with two attached hydrogens (primary N) is 4. The molecule has 0 atom stereocenters. The molecule has 1 aliphatic rings. The highest BCUT2D eigenvalue weighted by atomic mass is 19.4. The second-order valence-electron chi connectivity index (χ2n) is 8.65. The van der Waals surface area contributed by atoms with Gasteiger partial charge in [0.1, 0.15) is 11.5 Å². The van der Waals surface area contributed by atoms with Gasteiger partial charge in [-0.25, -0.2) is 0 Å². The number of nitrogen functional groups attached to an aromatic ring is 3. The Hall–Kier alpha value is -4.32. The van der Waals surface area contributed by atoms with Crippen molar-refractivity contribution in [1.82, 2.24) is 0 Å². The SMILES string of the molecule is Nc1ccc(C2(Oc3ccc(N)cc3C(F)(F)F)C=CC(N)(Oc3ccc(N)cc3C(F)(F)F)C=C2)cc1. The second-order valence-corrected chi connectivity index (χ2v) is 8.65. The minimum absolute atomic E-state index is 0.126. The van der Waals surface area contributed by atoms with Crippen molar-refractivity contribution in [3.63, 3.8) is 0 Å². The predicted molar refractivity (Wildman–Crippen MR) is 131 cm³/mol. The molecule has 0 saturated carbocycles. The third kappa shape index (κ3) is 5.49. The summed E-state index contributed by atoms with van der Waals surface area (Å²) in [6.07, 6.45) is -4.63. The Bertz CT molecular complexity index is 1380. The van der Waals surface area contributed by atoms with Crippen LogP contribution < -0.4 is 32.4 Å². The molecule has 38 heavy (non-hydrogen) atoms. The quantitative estimate of drug-likeness (QED) is 0.146. The van der Waals surface area contributed by atoms with E-state index in [0.29, 0.717) is 17.3 Å². The number of rotatable bonds is 5. The summed E-state index contributed by atoms with van der Waals surface area (Å²) in [5, 5.41) is 0. The zero-order chi connectivity index (χ0) is 27.9. The molecule has 0 bridgehead atoms. The van der Waals surface area contributed by atoms with Crippen LogP contribution >= 0.6 is 0 Å². The Morgan fingerprint density at radius 2 is 0.974 bits per heavy atom. The lowest BCUT2D eigenvalue weighted by Gasteiger charge is -2.36. The van der Waals surface area contributed by atoms with Gasteiger partial charge >= 0.3 is 12.4 Å². The van der Waals surface area contributed by atoms with Gasteiger partial charge in [-0.3, -0.25) is 5.73 Å². The van der Waals surface area contributed by atoms with Crippen molar-refractivity contribution in [2.45, 2.75) is 23.7 Å². The minimum Gasteiger partial charge on any atom is -0.474 e. The summed E-state index contributed by atoms with van der Waals surface area (Å²) in [7, 11) is 0. The van der Waals surface area contributed by atoms with E-state index in [1.165, 1.54) is 60.7 Å². The largest absolute Gasteiger partial charge is 0.474 e. The van der Waals surface area contributed by atoms with Gasteiger partial charge in [0.25, 0.3) is 0 Å². The normalized spacial score (nSPS) is 21.3. The standard InChI is InChI=1S/C26H22F6N4O2/c27-25(28,29)19-13-17(34)5-7-21(19)37-23(15-1-3-16(33)4-2-15)9-11-24(36,12-10-23)38-22-8-6-18(35)14-20(22)26(30,31)32/h1-14H,33-36H2. The van der Waals surface area contributed by atoms with Gasteiger partial charge in [-0.2, -0.15) is 26.3 Å². The van der Waals surface area contributed by atoms with Crippen LogP contribution in [0.3, 0.4) is 0 Å². The molecule has 0 fully saturated rings. The molecular formula is C26H22F6N4O2. The van der Waals surface area contributed by atoms with Gasteiger partial charge < -0.3 is 26.7 Å². The maximum Gasteiger partial charge on any atom is 0.420 e. The Balaban J connectivity index is 1.76. The van der Waals surface area contributed by atoms with E-state index >= 15 is 0 Å². The molecule has 12 heteroatoms. The summed E-state index contributed by atoms with van der Waals surface area (Å²) in [6.45, 7) is 0. The van der Waals surface area contributed by atoms with E-state index in [1.54, 1.807) is 0 Å². The lowest BCUT2D eigenvalue weighted by Crippen LogP contribution is -2.46. The molecule has 3 aromatic rings. The van der Waals surface area contributed by atoms with Crippen LogP contribution in [0.15, 0.2) is 85.0 Å². The van der Waals surface area contributed by atoms with Crippen molar-refractivity contribution in [2.75, 3.05) is 17.2 Å². The Morgan fingerprint density at radius 1 is 0.553 bits per heavy atom. The Labute approximate surface area is 213 Å². The molecule has 0 saturated heterocycles. The molecule has 4 rings (SSSR count). The van der Waals surface area contributed by atoms with Crippen LogP contribution in [0.25, 0.3) is 0 Å². The first-order valence-corrected chi connectivity index (χ1v) is 11.0. The fourth-order valence-electron chi connectivity index (χ4n) is 3.84. The average Bonchev–Trinajstić information content (AvgIpc) is 2.82. The van der Waals surface area contributed by atoms with Crippen molar-refractivity contribution >= 4 is 17.1 Å². The number of ether oxygens (including phenoxy) is 2. The van der Waals surface area contributed by atoms with Gasteiger partial charge in [0.05, 0.1) is 11.1 Å². The van der Waals surface area contributed by atoms with Crippen LogP contribution in [0.5, 0.6) is 11.5 Å². The highest BCUT2D eigenvalue weighted by Crippen LogP contribution is 2.44. The van der Waals surface area contributed by atoms with Crippen LogP contribution in [-0.2, 0) is 18.0 Å². The second kappa shape index (κ2) is 9.21. The van der Waals surface area contributed by atoms with E-state index in [1.807, 2.05) is 0 Å². The van der Waals surface area contributed by atoms with E-state index in [0.717, 1.165) is 18.2 Å². The van der Waals surface area contributed by atoms with Crippen LogP contribution in [0.4, 0.5) is 43.4 Å². The van der Waals surface area contributed by atoms with Gasteiger partial charge in [-0.15, -0.1) is 0 Å². The molecule has 1 aliphatic carbocycles. The summed E-state index contributed by atoms with van der Waals surface area (Å²) in [5.41, 5.74) is 17.7. The lowest BCUT2D eigenvalue weighted by atomic mass is 9.87. The molecule has 6 nitrogen and oxygen atoms in total. The fraction of sp³-hybridized carbons (Fsp3) is 0.154. The lowest BCUT2D eigenvalue weighted by molar-refractivity contribution is -0.140. The third-order valence-corrected chi connectivity index (χ3v) is 5.73. The molecule has 200 valence electrons. The molecule has 3 aromatic carbocycles. The number of hydrogen-bond acceptors (Lipinski definition) is 6. The van der Waals surface area contributed by atoms with Crippen LogP contribution in [0.2, 0.25) is 0 Å². The molecule has 0 spiro atoms. The summed E-state index contributed by atoms with van der Waals surface area (Å²) in [4.78, 5) is 0. The summed E-state index contributed by atoms with van der Waals surface area (Å²) < 4.78 is 93.3. The van der Waals surface area contributed by atoms with E-state index < -0.39 is 46.3 Å². The summed E-state index contributed by atoms with van der Waals surface area (Å²) >= 11 is 0. The van der Waals surface area contributed by atoms with Gasteiger partial charge in [-0.05, 0) is 72.8 Å². The first-order chi connectivity index (χ1) is 17.6. The number of benzene rings is 3. The third-order valence-electron chi connectivity index (χ3n) is 5.73. The van der Waals surface area contributed by atoms with E-state index in [4.69, 9.17) is 32.4 Å². The number of alkyl halides is 6. The summed E-state index contributed by atoms with van der Waals surface area (Å²) in [5.74, 6) is -1.14. The average molecular weight is 536 g/mol. The monoisotopic (exact) mass is 536 g/mol. The molecule has 0 aliphatic heterocycles. The fourth-order valence-corrected chi connectivity index (χ4v) is 3.84. The Morgan fingerprint density at radius 3 is 1.42 bits per heavy atom. The van der Waals surface area contributed by atoms with Gasteiger partial charge in [0.2, 0.25) is 0 Å². The number of anilines is 3. The number of halogens is 6. The zero-order valence-electron chi connectivity index (χ0n) is 19.5. The molecule has 8 N–H and O–H groups in total. The highest BCUT2D eigenvalue weighted by molar-refractivity contribution is 5.53. The van der Waals surface area contributed by atoms with Crippen molar-refractivity contribution in [1.29, 1.82) is 0 Å².